The van der Waals surface area contributed by atoms with Crippen LogP contribution in [0.4, 0.5) is 0 Å². The molecule has 1 aromatic carbocycles. The van der Waals surface area contributed by atoms with Crippen molar-refractivity contribution in [3.8, 4) is 11.1 Å². The number of nitrogens with zero attached hydrogens (tertiary/aromatic N) is 2. The van der Waals surface area contributed by atoms with E-state index in [0.29, 0.717) is 10.4 Å². The van der Waals surface area contributed by atoms with E-state index in [9.17, 15) is 9.35 Å². The maximum Gasteiger partial charge on any atom is 0.267 e. The van der Waals surface area contributed by atoms with E-state index in [2.05, 4.69) is 16.2 Å². The first-order chi connectivity index (χ1) is 11.0. The third-order valence-electron chi connectivity index (χ3n) is 3.63. The van der Waals surface area contributed by atoms with Crippen LogP contribution in [0.3, 0.4) is 0 Å². The van der Waals surface area contributed by atoms with Gasteiger partial charge in [-0.15, -0.1) is 0 Å². The zero-order chi connectivity index (χ0) is 16.6. The van der Waals surface area contributed by atoms with Gasteiger partial charge in [0.1, 0.15) is 11.9 Å². The van der Waals surface area contributed by atoms with E-state index in [1.54, 1.807) is 18.5 Å². The quantitative estimate of drug-likeness (QED) is 0.748. The van der Waals surface area contributed by atoms with Gasteiger partial charge in [-0.3, -0.25) is 4.79 Å². The lowest BCUT2D eigenvalue weighted by atomic mass is 9.99. The van der Waals surface area contributed by atoms with Crippen LogP contribution in [-0.4, -0.2) is 26.7 Å². The molecular formula is C17H14N3O2S. The normalized spacial score (nSPS) is 12.3. The summed E-state index contributed by atoms with van der Waals surface area (Å²) < 4.78 is 11.5. The molecule has 0 saturated heterocycles. The molecule has 0 aliphatic carbocycles. The SMILES string of the molecule is Cc1cc([S+](C)[O-])ncc1-c1ccc2c[c]nc(C(N)=O)c2c1. The summed E-state index contributed by atoms with van der Waals surface area (Å²) in [5.41, 5.74) is 8.34. The highest BCUT2D eigenvalue weighted by molar-refractivity contribution is 7.90. The minimum atomic E-state index is -1.12. The number of aromatic nitrogens is 2. The largest absolute Gasteiger partial charge is 0.610 e. The molecule has 0 spiro atoms. The monoisotopic (exact) mass is 324 g/mol. The summed E-state index contributed by atoms with van der Waals surface area (Å²) in [5, 5.41) is 2.06. The van der Waals surface area contributed by atoms with Crippen molar-refractivity contribution in [2.24, 2.45) is 5.73 Å². The fraction of sp³-hybridized carbons (Fsp3) is 0.118. The molecule has 5 nitrogen and oxygen atoms in total. The molecule has 23 heavy (non-hydrogen) atoms. The molecule has 1 atom stereocenters. The van der Waals surface area contributed by atoms with Crippen molar-refractivity contribution < 1.29 is 9.35 Å². The van der Waals surface area contributed by atoms with Crippen LogP contribution >= 0.6 is 0 Å². The van der Waals surface area contributed by atoms with E-state index in [4.69, 9.17) is 5.73 Å². The highest BCUT2D eigenvalue weighted by Crippen LogP contribution is 2.28. The molecular weight excluding hydrogens is 310 g/mol. The lowest BCUT2D eigenvalue weighted by Crippen LogP contribution is -2.13. The Morgan fingerprint density at radius 1 is 1.35 bits per heavy atom. The lowest BCUT2D eigenvalue weighted by Gasteiger charge is -2.10. The molecule has 1 unspecified atom stereocenters. The summed E-state index contributed by atoms with van der Waals surface area (Å²) in [6.07, 6.45) is 5.97. The molecule has 0 fully saturated rings. The second kappa shape index (κ2) is 5.98. The first-order valence-corrected chi connectivity index (χ1v) is 8.44. The van der Waals surface area contributed by atoms with E-state index in [0.717, 1.165) is 22.1 Å². The Bertz CT molecular complexity index is 909. The number of carbonyl (C=O) groups excluding carboxylic acids is 1. The zero-order valence-electron chi connectivity index (χ0n) is 12.7. The van der Waals surface area contributed by atoms with Gasteiger partial charge in [-0.2, -0.15) is 0 Å². The molecule has 0 saturated carbocycles. The number of pyridine rings is 2. The Morgan fingerprint density at radius 3 is 2.78 bits per heavy atom. The van der Waals surface area contributed by atoms with Crippen LogP contribution in [0.1, 0.15) is 16.1 Å². The van der Waals surface area contributed by atoms with Crippen LogP contribution < -0.4 is 5.73 Å². The van der Waals surface area contributed by atoms with Crippen molar-refractivity contribution >= 4 is 27.9 Å². The number of hydrogen-bond acceptors (Lipinski definition) is 4. The Labute approximate surface area is 136 Å². The molecule has 0 aliphatic heterocycles. The predicted octanol–water partition coefficient (Wildman–Crippen LogP) is 2.24. The first kappa shape index (κ1) is 15.5. The van der Waals surface area contributed by atoms with Crippen molar-refractivity contribution in [1.82, 2.24) is 9.97 Å². The zero-order valence-corrected chi connectivity index (χ0v) is 13.5. The highest BCUT2D eigenvalue weighted by atomic mass is 32.2. The van der Waals surface area contributed by atoms with Gasteiger partial charge in [0.15, 0.2) is 0 Å². The van der Waals surface area contributed by atoms with Crippen molar-refractivity contribution in [2.75, 3.05) is 6.26 Å². The number of nitrogens with two attached hydrogens (primary N) is 1. The Balaban J connectivity index is 2.17. The number of fused-ring (bicyclic) bond motifs is 1. The van der Waals surface area contributed by atoms with Crippen LogP contribution in [0.5, 0.6) is 0 Å². The number of primary amides is 1. The number of aryl methyl sites for hydroxylation is 1. The number of benzene rings is 1. The molecule has 1 amide bonds. The topological polar surface area (TPSA) is 91.9 Å². The third kappa shape index (κ3) is 2.91. The van der Waals surface area contributed by atoms with Crippen molar-refractivity contribution in [3.63, 3.8) is 0 Å². The Hall–Kier alpha value is -2.44. The summed E-state index contributed by atoms with van der Waals surface area (Å²) >= 11 is -1.12. The molecule has 0 aliphatic rings. The van der Waals surface area contributed by atoms with Gasteiger partial charge < -0.3 is 10.3 Å². The van der Waals surface area contributed by atoms with E-state index in [-0.39, 0.29) is 5.69 Å². The average Bonchev–Trinajstić information content (AvgIpc) is 2.53. The van der Waals surface area contributed by atoms with Gasteiger partial charge in [0.05, 0.1) is 6.20 Å². The van der Waals surface area contributed by atoms with E-state index in [1.165, 1.54) is 0 Å². The summed E-state index contributed by atoms with van der Waals surface area (Å²) in [6.45, 7) is 1.93. The van der Waals surface area contributed by atoms with Gasteiger partial charge >= 0.3 is 0 Å². The first-order valence-electron chi connectivity index (χ1n) is 6.88. The number of rotatable bonds is 3. The summed E-state index contributed by atoms with van der Waals surface area (Å²) in [4.78, 5) is 19.7. The van der Waals surface area contributed by atoms with Crippen molar-refractivity contribution in [2.45, 2.75) is 11.9 Å². The molecule has 115 valence electrons. The van der Waals surface area contributed by atoms with Crippen LogP contribution in [0, 0.1) is 13.1 Å². The minimum Gasteiger partial charge on any atom is -0.610 e. The van der Waals surface area contributed by atoms with Gasteiger partial charge in [-0.25, -0.2) is 9.97 Å². The number of hydrogen-bond donors (Lipinski definition) is 1. The molecule has 3 aromatic rings. The Kier molecular flexibility index (Phi) is 4.02. The number of amides is 1. The minimum absolute atomic E-state index is 0.196. The summed E-state index contributed by atoms with van der Waals surface area (Å²) in [6, 6.07) is 9.21. The molecule has 2 heterocycles. The predicted molar refractivity (Wildman–Crippen MR) is 89.4 cm³/mol. The van der Waals surface area contributed by atoms with E-state index < -0.39 is 17.1 Å². The van der Waals surface area contributed by atoms with Gasteiger partial charge in [0.25, 0.3) is 5.91 Å². The van der Waals surface area contributed by atoms with Crippen LogP contribution in [-0.2, 0) is 11.2 Å². The average molecular weight is 324 g/mol. The van der Waals surface area contributed by atoms with Gasteiger partial charge in [-0.05, 0) is 35.6 Å². The van der Waals surface area contributed by atoms with Crippen molar-refractivity contribution in [1.29, 1.82) is 0 Å². The molecule has 6 heteroatoms. The lowest BCUT2D eigenvalue weighted by molar-refractivity contribution is 0.0997. The van der Waals surface area contributed by atoms with E-state index >= 15 is 0 Å². The molecule has 3 rings (SSSR count). The molecule has 2 aromatic heterocycles. The summed E-state index contributed by atoms with van der Waals surface area (Å²) in [7, 11) is 0. The maximum absolute atomic E-state index is 11.5. The molecule has 2 N–H and O–H groups in total. The summed E-state index contributed by atoms with van der Waals surface area (Å²) in [5.74, 6) is -0.587. The van der Waals surface area contributed by atoms with Crippen LogP contribution in [0.2, 0.25) is 0 Å². The van der Waals surface area contributed by atoms with Gasteiger partial charge in [0, 0.05) is 34.4 Å². The van der Waals surface area contributed by atoms with Crippen molar-refractivity contribution in [3.05, 3.63) is 54.0 Å². The third-order valence-corrected chi connectivity index (χ3v) is 4.44. The second-order valence-electron chi connectivity index (χ2n) is 5.19. The van der Waals surface area contributed by atoms with Gasteiger partial charge in [0.2, 0.25) is 5.03 Å². The van der Waals surface area contributed by atoms with E-state index in [1.807, 2.05) is 31.2 Å². The van der Waals surface area contributed by atoms with Crippen LogP contribution in [0.25, 0.3) is 21.9 Å². The smallest absolute Gasteiger partial charge is 0.267 e. The van der Waals surface area contributed by atoms with Crippen LogP contribution in [0.15, 0.2) is 41.6 Å². The standard InChI is InChI=1S/C17H14N3O2S/c1-10-7-15(23(2)22)20-9-14(10)12-4-3-11-5-6-19-16(17(18)21)13(11)8-12/h3-5,7-9H,1-2H3,(H2,18,21). The maximum atomic E-state index is 11.5. The second-order valence-corrected chi connectivity index (χ2v) is 6.52. The fourth-order valence-corrected chi connectivity index (χ4v) is 3.00. The fourth-order valence-electron chi connectivity index (χ4n) is 2.46. The number of carbonyl (C=O) groups is 1. The molecule has 0 bridgehead atoms. The molecule has 1 radical (unpaired) electrons. The van der Waals surface area contributed by atoms with Gasteiger partial charge in [-0.1, -0.05) is 12.1 Å². The highest BCUT2D eigenvalue weighted by Gasteiger charge is 2.13. The Morgan fingerprint density at radius 2 is 2.13 bits per heavy atom.